The van der Waals surface area contributed by atoms with E-state index in [2.05, 4.69) is 24.3 Å². The van der Waals surface area contributed by atoms with Gasteiger partial charge in [0.2, 0.25) is 5.91 Å². The van der Waals surface area contributed by atoms with Crippen LogP contribution >= 0.6 is 0 Å². The van der Waals surface area contributed by atoms with E-state index in [-0.39, 0.29) is 23.0 Å². The smallest absolute Gasteiger partial charge is 0.357 e. The van der Waals surface area contributed by atoms with E-state index in [4.69, 9.17) is 0 Å². The Bertz CT molecular complexity index is 1070. The maximum Gasteiger partial charge on any atom is 0.357 e. The van der Waals surface area contributed by atoms with Crippen molar-refractivity contribution in [2.24, 2.45) is 0 Å². The maximum absolute atomic E-state index is 12.5. The van der Waals surface area contributed by atoms with Gasteiger partial charge < -0.3 is 10.4 Å². The van der Waals surface area contributed by atoms with Crippen LogP contribution < -0.4 is 10.9 Å². The molecule has 0 aliphatic rings. The van der Waals surface area contributed by atoms with Crippen LogP contribution in [0.25, 0.3) is 10.8 Å². The molecule has 1 amide bonds. The average Bonchev–Trinajstić information content (AvgIpc) is 2.64. The van der Waals surface area contributed by atoms with Gasteiger partial charge in [0.1, 0.15) is 6.54 Å². The van der Waals surface area contributed by atoms with Gasteiger partial charge in [0.25, 0.3) is 5.56 Å². The molecule has 0 spiro atoms. The van der Waals surface area contributed by atoms with E-state index in [1.807, 2.05) is 12.1 Å². The van der Waals surface area contributed by atoms with Crippen LogP contribution in [0.2, 0.25) is 0 Å². The van der Waals surface area contributed by atoms with Crippen molar-refractivity contribution in [1.82, 2.24) is 9.78 Å². The molecule has 2 aromatic carbocycles. The van der Waals surface area contributed by atoms with Crippen molar-refractivity contribution >= 4 is 28.3 Å². The third kappa shape index (κ3) is 3.87. The minimum absolute atomic E-state index is 0.207. The Kier molecular flexibility index (Phi) is 5.03. The Hall–Kier alpha value is -3.48. The van der Waals surface area contributed by atoms with Crippen molar-refractivity contribution in [1.29, 1.82) is 0 Å². The summed E-state index contributed by atoms with van der Waals surface area (Å²) in [6.07, 6.45) is 0. The molecule has 0 saturated heterocycles. The van der Waals surface area contributed by atoms with Gasteiger partial charge in [-0.05, 0) is 29.7 Å². The van der Waals surface area contributed by atoms with Crippen molar-refractivity contribution in [2.45, 2.75) is 26.3 Å². The summed E-state index contributed by atoms with van der Waals surface area (Å²) in [5, 5.41) is 16.4. The number of carboxylic acids is 1. The fourth-order valence-electron chi connectivity index (χ4n) is 2.79. The highest BCUT2D eigenvalue weighted by atomic mass is 16.4. The van der Waals surface area contributed by atoms with Crippen molar-refractivity contribution in [3.05, 3.63) is 70.1 Å². The lowest BCUT2D eigenvalue weighted by Gasteiger charge is -2.10. The van der Waals surface area contributed by atoms with Gasteiger partial charge in [-0.15, -0.1) is 0 Å². The normalized spacial score (nSPS) is 10.9. The van der Waals surface area contributed by atoms with Crippen LogP contribution in [0.15, 0.2) is 53.3 Å². The summed E-state index contributed by atoms with van der Waals surface area (Å²) in [7, 11) is 0. The van der Waals surface area contributed by atoms with E-state index in [0.717, 1.165) is 10.2 Å². The lowest BCUT2D eigenvalue weighted by atomic mass is 10.0. The summed E-state index contributed by atoms with van der Waals surface area (Å²) in [5.41, 5.74) is 0.961. The summed E-state index contributed by atoms with van der Waals surface area (Å²) in [5.74, 6) is -1.34. The molecule has 0 fully saturated rings. The molecule has 0 radical (unpaired) electrons. The molecular weight excluding hydrogens is 346 g/mol. The second kappa shape index (κ2) is 7.41. The Morgan fingerprint density at radius 3 is 2.30 bits per heavy atom. The minimum Gasteiger partial charge on any atom is -0.476 e. The zero-order valence-corrected chi connectivity index (χ0v) is 15.0. The van der Waals surface area contributed by atoms with E-state index in [9.17, 15) is 19.5 Å². The summed E-state index contributed by atoms with van der Waals surface area (Å²) in [6.45, 7) is 3.77. The standard InChI is InChI=1S/C20H19N3O4/c1-12(2)13-7-9-14(10-8-13)21-17(24)11-23-19(25)16-6-4-3-5-15(16)18(22-23)20(26)27/h3-10,12H,11H2,1-2H3,(H,21,24)(H,26,27). The highest BCUT2D eigenvalue weighted by Crippen LogP contribution is 2.17. The topological polar surface area (TPSA) is 101 Å². The van der Waals surface area contributed by atoms with E-state index in [1.54, 1.807) is 24.3 Å². The van der Waals surface area contributed by atoms with Crippen LogP contribution in [-0.2, 0) is 11.3 Å². The molecule has 7 nitrogen and oxygen atoms in total. The number of carbonyl (C=O) groups is 2. The number of hydrogen-bond acceptors (Lipinski definition) is 4. The molecule has 0 aliphatic carbocycles. The Morgan fingerprint density at radius 2 is 1.70 bits per heavy atom. The molecule has 0 saturated carbocycles. The van der Waals surface area contributed by atoms with Gasteiger partial charge in [-0.3, -0.25) is 9.59 Å². The number of benzene rings is 2. The van der Waals surface area contributed by atoms with E-state index in [0.29, 0.717) is 11.6 Å². The third-order valence-corrected chi connectivity index (χ3v) is 4.22. The first kappa shape index (κ1) is 18.3. The highest BCUT2D eigenvalue weighted by Gasteiger charge is 2.17. The van der Waals surface area contributed by atoms with E-state index < -0.39 is 17.4 Å². The fraction of sp³-hybridized carbons (Fsp3) is 0.200. The van der Waals surface area contributed by atoms with Crippen molar-refractivity contribution < 1.29 is 14.7 Å². The van der Waals surface area contributed by atoms with Crippen LogP contribution in [0, 0.1) is 0 Å². The molecule has 0 aliphatic heterocycles. The monoisotopic (exact) mass is 365 g/mol. The SMILES string of the molecule is CC(C)c1ccc(NC(=O)Cn2nc(C(=O)O)c3ccccc3c2=O)cc1. The molecule has 27 heavy (non-hydrogen) atoms. The Balaban J connectivity index is 1.87. The lowest BCUT2D eigenvalue weighted by molar-refractivity contribution is -0.117. The molecule has 3 rings (SSSR count). The number of aromatic carboxylic acids is 1. The van der Waals surface area contributed by atoms with Crippen LogP contribution in [0.4, 0.5) is 5.69 Å². The van der Waals surface area contributed by atoms with Gasteiger partial charge in [0, 0.05) is 11.1 Å². The van der Waals surface area contributed by atoms with Crippen molar-refractivity contribution in [3.8, 4) is 0 Å². The summed E-state index contributed by atoms with van der Waals surface area (Å²) < 4.78 is 0.879. The summed E-state index contributed by atoms with van der Waals surface area (Å²) in [6, 6.07) is 13.7. The van der Waals surface area contributed by atoms with Gasteiger partial charge >= 0.3 is 5.97 Å². The van der Waals surface area contributed by atoms with Crippen LogP contribution in [-0.4, -0.2) is 26.8 Å². The molecule has 0 bridgehead atoms. The number of fused-ring (bicyclic) bond motifs is 1. The van der Waals surface area contributed by atoms with Gasteiger partial charge in [-0.2, -0.15) is 5.10 Å². The molecule has 138 valence electrons. The minimum atomic E-state index is -1.26. The fourth-order valence-corrected chi connectivity index (χ4v) is 2.79. The first-order chi connectivity index (χ1) is 12.9. The number of anilines is 1. The van der Waals surface area contributed by atoms with Gasteiger partial charge in [-0.1, -0.05) is 44.2 Å². The second-order valence-electron chi connectivity index (χ2n) is 6.49. The molecular formula is C20H19N3O4. The van der Waals surface area contributed by atoms with Crippen molar-refractivity contribution in [3.63, 3.8) is 0 Å². The Morgan fingerprint density at radius 1 is 1.07 bits per heavy atom. The number of aromatic nitrogens is 2. The van der Waals surface area contributed by atoms with Crippen LogP contribution in [0.1, 0.15) is 35.8 Å². The summed E-state index contributed by atoms with van der Waals surface area (Å²) >= 11 is 0. The number of nitrogens with one attached hydrogen (secondary N) is 1. The molecule has 1 heterocycles. The molecule has 7 heteroatoms. The molecule has 0 unspecified atom stereocenters. The lowest BCUT2D eigenvalue weighted by Crippen LogP contribution is -2.31. The zero-order valence-electron chi connectivity index (χ0n) is 15.0. The zero-order chi connectivity index (χ0) is 19.6. The summed E-state index contributed by atoms with van der Waals surface area (Å²) in [4.78, 5) is 36.3. The van der Waals surface area contributed by atoms with Gasteiger partial charge in [-0.25, -0.2) is 9.48 Å². The number of amides is 1. The van der Waals surface area contributed by atoms with Gasteiger partial charge in [0.05, 0.1) is 5.39 Å². The quantitative estimate of drug-likeness (QED) is 0.724. The molecule has 2 N–H and O–H groups in total. The molecule has 0 atom stereocenters. The van der Waals surface area contributed by atoms with E-state index >= 15 is 0 Å². The van der Waals surface area contributed by atoms with Crippen molar-refractivity contribution in [2.75, 3.05) is 5.32 Å². The largest absolute Gasteiger partial charge is 0.476 e. The van der Waals surface area contributed by atoms with Crippen LogP contribution in [0.5, 0.6) is 0 Å². The second-order valence-corrected chi connectivity index (χ2v) is 6.49. The molecule has 3 aromatic rings. The maximum atomic E-state index is 12.5. The number of carboxylic acid groups (broad SMARTS) is 1. The third-order valence-electron chi connectivity index (χ3n) is 4.22. The highest BCUT2D eigenvalue weighted by molar-refractivity contribution is 6.01. The predicted octanol–water partition coefficient (Wildman–Crippen LogP) is 2.86. The number of rotatable bonds is 5. The first-order valence-corrected chi connectivity index (χ1v) is 8.50. The predicted molar refractivity (Wildman–Crippen MR) is 102 cm³/mol. The first-order valence-electron chi connectivity index (χ1n) is 8.50. The molecule has 1 aromatic heterocycles. The van der Waals surface area contributed by atoms with Crippen LogP contribution in [0.3, 0.4) is 0 Å². The number of nitrogens with zero attached hydrogens (tertiary/aromatic N) is 2. The number of hydrogen-bond donors (Lipinski definition) is 2. The van der Waals surface area contributed by atoms with Gasteiger partial charge in [0.15, 0.2) is 5.69 Å². The number of carbonyl (C=O) groups excluding carboxylic acids is 1. The average molecular weight is 365 g/mol. The Labute approximate surface area is 155 Å². The van der Waals surface area contributed by atoms with E-state index in [1.165, 1.54) is 12.1 Å².